The number of halogens is 4. The molecule has 0 aliphatic carbocycles. The predicted molar refractivity (Wildman–Crippen MR) is 122 cm³/mol. The van der Waals surface area contributed by atoms with Crippen molar-refractivity contribution in [3.8, 4) is 17.0 Å². The smallest absolute Gasteiger partial charge is 0.409 e. The minimum Gasteiger partial charge on any atom is -0.480 e. The summed E-state index contributed by atoms with van der Waals surface area (Å²) in [5, 5.41) is 13.4. The van der Waals surface area contributed by atoms with E-state index in [1.54, 1.807) is 13.0 Å². The van der Waals surface area contributed by atoms with Crippen LogP contribution in [0, 0.1) is 12.7 Å². The number of carboxylic acid groups (broad SMARTS) is 1. The fourth-order valence-electron chi connectivity index (χ4n) is 3.57. The number of anilines is 3. The van der Waals surface area contributed by atoms with Crippen LogP contribution in [0.2, 0.25) is 0 Å². The van der Waals surface area contributed by atoms with E-state index in [0.29, 0.717) is 0 Å². The number of methoxy groups -OCH3 is 1. The average Bonchev–Trinajstić information content (AvgIpc) is 3.23. The molecule has 36 heavy (non-hydrogen) atoms. The molecule has 0 saturated heterocycles. The van der Waals surface area contributed by atoms with Crippen LogP contribution in [0.5, 0.6) is 5.88 Å². The molecule has 188 valence electrons. The fraction of sp³-hybridized carbons (Fsp3) is 0.217. The minimum absolute atomic E-state index is 0.0376. The number of alkyl halides is 3. The first-order chi connectivity index (χ1) is 17.0. The maximum absolute atomic E-state index is 14.3. The number of carboxylic acids is 1. The number of carbonyl (C=O) groups is 1. The maximum atomic E-state index is 14.3. The molecule has 1 atom stereocenters. The number of nitrogens with zero attached hydrogens (tertiary/aromatic N) is 4. The zero-order valence-electron chi connectivity index (χ0n) is 19.2. The van der Waals surface area contributed by atoms with Gasteiger partial charge in [-0.2, -0.15) is 18.2 Å². The van der Waals surface area contributed by atoms with Crippen LogP contribution in [-0.2, 0) is 0 Å². The summed E-state index contributed by atoms with van der Waals surface area (Å²) < 4.78 is 59.5. The van der Waals surface area contributed by atoms with Gasteiger partial charge in [0.25, 0.3) is 0 Å². The Kier molecular flexibility index (Phi) is 6.50. The van der Waals surface area contributed by atoms with Gasteiger partial charge in [-0.3, -0.25) is 5.01 Å². The van der Waals surface area contributed by atoms with Crippen LogP contribution in [0.3, 0.4) is 0 Å². The van der Waals surface area contributed by atoms with E-state index < -0.39 is 24.0 Å². The Morgan fingerprint density at radius 2 is 1.94 bits per heavy atom. The summed E-state index contributed by atoms with van der Waals surface area (Å²) >= 11 is 0. The van der Waals surface area contributed by atoms with Crippen molar-refractivity contribution in [2.24, 2.45) is 0 Å². The molecule has 1 unspecified atom stereocenters. The molecule has 3 aromatic rings. The topological polar surface area (TPSA) is 113 Å². The summed E-state index contributed by atoms with van der Waals surface area (Å²) in [6, 6.07) is 3.63. The van der Waals surface area contributed by atoms with Gasteiger partial charge in [0.1, 0.15) is 17.4 Å². The number of hydrazine groups is 1. The molecule has 9 nitrogen and oxygen atoms in total. The van der Waals surface area contributed by atoms with Crippen molar-refractivity contribution >= 4 is 23.4 Å². The Hall–Kier alpha value is -4.26. The Bertz CT molecular complexity index is 1360. The van der Waals surface area contributed by atoms with E-state index in [0.717, 1.165) is 16.6 Å². The number of hydrogen-bond acceptors (Lipinski definition) is 8. The molecule has 0 fully saturated rings. The molecule has 0 amide bonds. The van der Waals surface area contributed by atoms with Gasteiger partial charge < -0.3 is 15.2 Å². The highest BCUT2D eigenvalue weighted by Crippen LogP contribution is 2.36. The van der Waals surface area contributed by atoms with Crippen molar-refractivity contribution in [1.82, 2.24) is 20.4 Å². The lowest BCUT2D eigenvalue weighted by molar-refractivity contribution is -0.142. The largest absolute Gasteiger partial charge is 0.480 e. The van der Waals surface area contributed by atoms with Crippen LogP contribution < -0.4 is 20.5 Å². The van der Waals surface area contributed by atoms with Gasteiger partial charge in [-0.15, -0.1) is 0 Å². The van der Waals surface area contributed by atoms with Crippen LogP contribution in [0.25, 0.3) is 11.1 Å². The number of benzene rings is 1. The summed E-state index contributed by atoms with van der Waals surface area (Å²) in [4.78, 5) is 24.2. The zero-order chi connectivity index (χ0) is 26.2. The van der Waals surface area contributed by atoms with Gasteiger partial charge in [0.05, 0.1) is 12.8 Å². The third-order valence-corrected chi connectivity index (χ3v) is 5.32. The van der Waals surface area contributed by atoms with E-state index in [-0.39, 0.29) is 45.7 Å². The molecular weight excluding hydrogens is 484 g/mol. The third-order valence-electron chi connectivity index (χ3n) is 5.32. The average molecular weight is 504 g/mol. The highest BCUT2D eigenvalue weighted by Gasteiger charge is 2.43. The standard InChI is InChI=1S/C23H20F4N6O3/c1-11-4-5-16(24)17(6-11)30-22-29-10-15(13-8-14(21(34)35)20(36-3)28-9-13)19(31-22)33-12(2)7-18(32-33)23(25,26)27/h4-10,18,32H,1-3H3,(H,34,35)(H,29,30,31). The lowest BCUT2D eigenvalue weighted by Gasteiger charge is -2.25. The van der Waals surface area contributed by atoms with Crippen LogP contribution in [0.1, 0.15) is 22.8 Å². The Morgan fingerprint density at radius 3 is 2.58 bits per heavy atom. The Labute approximate surface area is 202 Å². The summed E-state index contributed by atoms with van der Waals surface area (Å²) in [7, 11) is 1.26. The molecule has 3 heterocycles. The van der Waals surface area contributed by atoms with Gasteiger partial charge in [-0.1, -0.05) is 6.07 Å². The van der Waals surface area contributed by atoms with Crippen molar-refractivity contribution in [1.29, 1.82) is 0 Å². The van der Waals surface area contributed by atoms with Gasteiger partial charge in [-0.05, 0) is 43.7 Å². The Balaban J connectivity index is 1.83. The van der Waals surface area contributed by atoms with E-state index in [2.05, 4.69) is 25.7 Å². The van der Waals surface area contributed by atoms with Crippen LogP contribution in [-0.4, -0.2) is 45.4 Å². The number of ether oxygens (including phenoxy) is 1. The molecule has 4 rings (SSSR count). The van der Waals surface area contributed by atoms with Crippen LogP contribution in [0.4, 0.5) is 35.0 Å². The molecule has 0 radical (unpaired) electrons. The molecular formula is C23H20F4N6O3. The van der Waals surface area contributed by atoms with Crippen molar-refractivity contribution in [2.75, 3.05) is 17.4 Å². The van der Waals surface area contributed by atoms with Gasteiger partial charge in [0, 0.05) is 29.2 Å². The third kappa shape index (κ3) is 4.91. The fourth-order valence-corrected chi connectivity index (χ4v) is 3.57. The molecule has 0 saturated carbocycles. The number of pyridine rings is 1. The summed E-state index contributed by atoms with van der Waals surface area (Å²) in [6.07, 6.45) is -1.03. The zero-order valence-corrected chi connectivity index (χ0v) is 19.2. The van der Waals surface area contributed by atoms with Gasteiger partial charge in [0.2, 0.25) is 11.8 Å². The summed E-state index contributed by atoms with van der Waals surface area (Å²) in [5.41, 5.74) is 3.47. The second kappa shape index (κ2) is 9.41. The molecule has 3 N–H and O–H groups in total. The number of aromatic carboxylic acids is 1. The van der Waals surface area contributed by atoms with Crippen molar-refractivity contribution in [2.45, 2.75) is 26.1 Å². The first kappa shape index (κ1) is 24.9. The van der Waals surface area contributed by atoms with E-state index in [1.807, 2.05) is 0 Å². The van der Waals surface area contributed by atoms with E-state index in [4.69, 9.17) is 4.74 Å². The molecule has 2 aromatic heterocycles. The highest BCUT2D eigenvalue weighted by atomic mass is 19.4. The van der Waals surface area contributed by atoms with E-state index in [9.17, 15) is 27.5 Å². The molecule has 1 aliphatic rings. The van der Waals surface area contributed by atoms with E-state index in [1.165, 1.54) is 44.6 Å². The molecule has 1 aliphatic heterocycles. The highest BCUT2D eigenvalue weighted by molar-refractivity contribution is 5.92. The normalized spacial score (nSPS) is 15.6. The number of hydrogen-bond donors (Lipinski definition) is 3. The first-order valence-electron chi connectivity index (χ1n) is 10.5. The molecule has 1 aromatic carbocycles. The molecule has 13 heteroatoms. The maximum Gasteiger partial charge on any atom is 0.409 e. The second-order valence-electron chi connectivity index (χ2n) is 7.92. The van der Waals surface area contributed by atoms with Crippen molar-refractivity contribution in [3.63, 3.8) is 0 Å². The minimum atomic E-state index is -4.58. The van der Waals surface area contributed by atoms with Crippen LogP contribution in [0.15, 0.2) is 48.4 Å². The number of nitrogens with one attached hydrogen (secondary N) is 2. The summed E-state index contributed by atoms with van der Waals surface area (Å²) in [5.74, 6) is -2.17. The van der Waals surface area contributed by atoms with Crippen molar-refractivity contribution < 1.29 is 32.2 Å². The lowest BCUT2D eigenvalue weighted by Crippen LogP contribution is -2.45. The van der Waals surface area contributed by atoms with Gasteiger partial charge >= 0.3 is 12.1 Å². The summed E-state index contributed by atoms with van der Waals surface area (Å²) in [6.45, 7) is 3.21. The molecule has 0 spiro atoms. The predicted octanol–water partition coefficient (Wildman–Crippen LogP) is 4.60. The quantitative estimate of drug-likeness (QED) is 0.415. The number of aromatic nitrogens is 3. The molecule has 0 bridgehead atoms. The lowest BCUT2D eigenvalue weighted by atomic mass is 10.1. The van der Waals surface area contributed by atoms with E-state index >= 15 is 0 Å². The van der Waals surface area contributed by atoms with Gasteiger partial charge in [0.15, 0.2) is 5.82 Å². The van der Waals surface area contributed by atoms with Gasteiger partial charge in [-0.25, -0.2) is 24.6 Å². The number of allylic oxidation sites excluding steroid dienone is 1. The van der Waals surface area contributed by atoms with Crippen LogP contribution >= 0.6 is 0 Å². The SMILES string of the molecule is COc1ncc(-c2cnc(Nc3cc(C)ccc3F)nc2N2NC(C(F)(F)F)C=C2C)cc1C(=O)O. The second-order valence-corrected chi connectivity index (χ2v) is 7.92. The van der Waals surface area contributed by atoms with Crippen molar-refractivity contribution in [3.05, 3.63) is 65.4 Å². The monoisotopic (exact) mass is 504 g/mol. The number of aryl methyl sites for hydroxylation is 1. The Morgan fingerprint density at radius 1 is 1.19 bits per heavy atom. The number of rotatable bonds is 6. The first-order valence-corrected chi connectivity index (χ1v) is 10.5.